The minimum Gasteiger partial charge on any atom is -0.489 e. The summed E-state index contributed by atoms with van der Waals surface area (Å²) in [4.78, 5) is 27.2. The van der Waals surface area contributed by atoms with E-state index in [0.29, 0.717) is 16.9 Å². The minimum atomic E-state index is -0.301. The molecule has 0 saturated carbocycles. The zero-order valence-electron chi connectivity index (χ0n) is 15.7. The molecule has 0 aliphatic heterocycles. The topological polar surface area (TPSA) is 71.2 Å². The van der Waals surface area contributed by atoms with E-state index in [2.05, 4.69) is 10.3 Å². The molecule has 0 fully saturated rings. The van der Waals surface area contributed by atoms with Gasteiger partial charge < -0.3 is 15.0 Å². The molecule has 2 aromatic carbocycles. The van der Waals surface area contributed by atoms with Crippen LogP contribution in [0.3, 0.4) is 0 Å². The average molecular weight is 380 g/mol. The number of rotatable bonds is 6. The number of benzene rings is 2. The highest BCUT2D eigenvalue weighted by Gasteiger charge is 2.10. The molecule has 0 spiro atoms. The lowest BCUT2D eigenvalue weighted by Gasteiger charge is -2.10. The van der Waals surface area contributed by atoms with Crippen LogP contribution in [0.15, 0.2) is 59.4 Å². The number of nitrogens with one attached hydrogen (secondary N) is 2. The van der Waals surface area contributed by atoms with Crippen LogP contribution in [-0.2, 0) is 13.2 Å². The van der Waals surface area contributed by atoms with Gasteiger partial charge in [0.15, 0.2) is 0 Å². The fraction of sp³-hybridized carbons (Fsp3) is 0.182. The average Bonchev–Trinajstić information content (AvgIpc) is 2.67. The fourth-order valence-corrected chi connectivity index (χ4v) is 2.85. The highest BCUT2D eigenvalue weighted by Crippen LogP contribution is 2.16. The van der Waals surface area contributed by atoms with Gasteiger partial charge in [-0.1, -0.05) is 18.2 Å². The third-order valence-corrected chi connectivity index (χ3v) is 4.33. The van der Waals surface area contributed by atoms with Crippen molar-refractivity contribution >= 4 is 5.91 Å². The van der Waals surface area contributed by atoms with Crippen molar-refractivity contribution in [2.24, 2.45) is 0 Å². The molecule has 3 aromatic rings. The van der Waals surface area contributed by atoms with Crippen LogP contribution >= 0.6 is 0 Å². The molecule has 1 heterocycles. The molecular weight excluding hydrogens is 359 g/mol. The Morgan fingerprint density at radius 3 is 2.57 bits per heavy atom. The molecule has 0 aliphatic rings. The van der Waals surface area contributed by atoms with Gasteiger partial charge in [-0.05, 0) is 61.4 Å². The van der Waals surface area contributed by atoms with Crippen LogP contribution in [0.4, 0.5) is 4.39 Å². The molecule has 6 heteroatoms. The first-order valence-corrected chi connectivity index (χ1v) is 8.87. The monoisotopic (exact) mass is 380 g/mol. The van der Waals surface area contributed by atoms with Crippen LogP contribution in [0.2, 0.25) is 0 Å². The molecule has 0 bridgehead atoms. The van der Waals surface area contributed by atoms with E-state index in [1.54, 1.807) is 36.4 Å². The fourth-order valence-electron chi connectivity index (χ4n) is 2.85. The van der Waals surface area contributed by atoms with Crippen LogP contribution in [0, 0.1) is 19.7 Å². The molecule has 0 atom stereocenters. The first-order valence-electron chi connectivity index (χ1n) is 8.87. The summed E-state index contributed by atoms with van der Waals surface area (Å²) in [5.41, 5.74) is 3.20. The summed E-state index contributed by atoms with van der Waals surface area (Å²) in [6, 6.07) is 14.7. The van der Waals surface area contributed by atoms with Crippen LogP contribution in [0.5, 0.6) is 5.75 Å². The van der Waals surface area contributed by atoms with Gasteiger partial charge in [0.25, 0.3) is 11.5 Å². The first kappa shape index (κ1) is 19.4. The van der Waals surface area contributed by atoms with Crippen molar-refractivity contribution in [3.8, 4) is 5.75 Å². The molecule has 28 heavy (non-hydrogen) atoms. The van der Waals surface area contributed by atoms with Crippen LogP contribution in [-0.4, -0.2) is 10.9 Å². The maximum absolute atomic E-state index is 12.9. The highest BCUT2D eigenvalue weighted by molar-refractivity contribution is 5.94. The Morgan fingerprint density at radius 2 is 1.86 bits per heavy atom. The lowest BCUT2D eigenvalue weighted by molar-refractivity contribution is 0.0950. The lowest BCUT2D eigenvalue weighted by atomic mass is 10.1. The van der Waals surface area contributed by atoms with Crippen LogP contribution < -0.4 is 15.6 Å². The third kappa shape index (κ3) is 4.85. The Labute approximate surface area is 162 Å². The quantitative estimate of drug-likeness (QED) is 0.686. The number of carbonyl (C=O) groups is 1. The SMILES string of the molecule is Cc1cc(C)c(CNC(=O)c2cccc(OCc3ccc(F)cc3)c2)c(=O)[nH]1. The van der Waals surface area contributed by atoms with E-state index in [0.717, 1.165) is 16.8 Å². The van der Waals surface area contributed by atoms with Gasteiger partial charge in [0, 0.05) is 23.4 Å². The number of hydrogen-bond donors (Lipinski definition) is 2. The second kappa shape index (κ2) is 8.52. The third-order valence-electron chi connectivity index (χ3n) is 4.33. The summed E-state index contributed by atoms with van der Waals surface area (Å²) in [7, 11) is 0. The summed E-state index contributed by atoms with van der Waals surface area (Å²) in [6.45, 7) is 4.06. The molecule has 1 aromatic heterocycles. The standard InChI is InChI=1S/C22H21FN2O3/c1-14-10-15(2)25-22(27)20(14)12-24-21(26)17-4-3-5-19(11-17)28-13-16-6-8-18(23)9-7-16/h3-11H,12-13H2,1-2H3,(H,24,26)(H,25,27). The number of aryl methyl sites for hydroxylation is 2. The molecule has 0 aliphatic carbocycles. The van der Waals surface area contributed by atoms with Crippen LogP contribution in [0.25, 0.3) is 0 Å². The van der Waals surface area contributed by atoms with Crippen molar-refractivity contribution in [2.75, 3.05) is 0 Å². The maximum atomic E-state index is 12.9. The lowest BCUT2D eigenvalue weighted by Crippen LogP contribution is -2.27. The first-order chi connectivity index (χ1) is 13.4. The van der Waals surface area contributed by atoms with E-state index in [1.165, 1.54) is 12.1 Å². The number of amides is 1. The minimum absolute atomic E-state index is 0.140. The molecule has 0 saturated heterocycles. The summed E-state index contributed by atoms with van der Waals surface area (Å²) < 4.78 is 18.6. The van der Waals surface area contributed by atoms with Gasteiger partial charge >= 0.3 is 0 Å². The van der Waals surface area contributed by atoms with Gasteiger partial charge in [0.2, 0.25) is 0 Å². The van der Waals surface area contributed by atoms with Gasteiger partial charge in [-0.3, -0.25) is 9.59 Å². The van der Waals surface area contributed by atoms with Crippen molar-refractivity contribution in [3.05, 3.63) is 98.7 Å². The van der Waals surface area contributed by atoms with E-state index < -0.39 is 0 Å². The van der Waals surface area contributed by atoms with E-state index >= 15 is 0 Å². The van der Waals surface area contributed by atoms with Crippen molar-refractivity contribution < 1.29 is 13.9 Å². The Balaban J connectivity index is 1.64. The Hall–Kier alpha value is -3.41. The Bertz CT molecular complexity index is 1040. The largest absolute Gasteiger partial charge is 0.489 e. The van der Waals surface area contributed by atoms with Crippen molar-refractivity contribution in [1.29, 1.82) is 0 Å². The van der Waals surface area contributed by atoms with Crippen LogP contribution in [0.1, 0.15) is 32.7 Å². The number of ether oxygens (including phenoxy) is 1. The zero-order valence-corrected chi connectivity index (χ0v) is 15.7. The molecule has 2 N–H and O–H groups in total. The molecule has 3 rings (SSSR count). The number of aromatic amines is 1. The van der Waals surface area contributed by atoms with E-state index in [1.807, 2.05) is 19.9 Å². The predicted molar refractivity (Wildman–Crippen MR) is 105 cm³/mol. The van der Waals surface area contributed by atoms with Crippen molar-refractivity contribution in [1.82, 2.24) is 10.3 Å². The normalized spacial score (nSPS) is 10.5. The smallest absolute Gasteiger partial charge is 0.253 e. The van der Waals surface area contributed by atoms with Gasteiger partial charge in [-0.2, -0.15) is 0 Å². The number of carbonyl (C=O) groups excluding carboxylic acids is 1. The van der Waals surface area contributed by atoms with Gasteiger partial charge in [-0.15, -0.1) is 0 Å². The van der Waals surface area contributed by atoms with E-state index in [-0.39, 0.29) is 30.4 Å². The molecule has 0 radical (unpaired) electrons. The molecule has 1 amide bonds. The number of halogens is 1. The van der Waals surface area contributed by atoms with Gasteiger partial charge in [0.1, 0.15) is 18.2 Å². The molecular formula is C22H21FN2O3. The number of hydrogen-bond acceptors (Lipinski definition) is 3. The predicted octanol–water partition coefficient (Wildman–Crippen LogP) is 3.64. The summed E-state index contributed by atoms with van der Waals surface area (Å²) in [5, 5.41) is 2.77. The number of H-pyrrole nitrogens is 1. The van der Waals surface area contributed by atoms with Crippen molar-refractivity contribution in [3.63, 3.8) is 0 Å². The molecule has 0 unspecified atom stereocenters. The highest BCUT2D eigenvalue weighted by atomic mass is 19.1. The van der Waals surface area contributed by atoms with E-state index in [9.17, 15) is 14.0 Å². The van der Waals surface area contributed by atoms with E-state index in [4.69, 9.17) is 4.74 Å². The Morgan fingerprint density at radius 1 is 1.11 bits per heavy atom. The summed E-state index contributed by atoms with van der Waals surface area (Å²) in [5.74, 6) is -0.0713. The number of aromatic nitrogens is 1. The summed E-state index contributed by atoms with van der Waals surface area (Å²) >= 11 is 0. The van der Waals surface area contributed by atoms with Gasteiger partial charge in [0.05, 0.1) is 0 Å². The number of pyridine rings is 1. The van der Waals surface area contributed by atoms with Gasteiger partial charge in [-0.25, -0.2) is 4.39 Å². The zero-order chi connectivity index (χ0) is 20.1. The second-order valence-corrected chi connectivity index (χ2v) is 6.57. The molecule has 144 valence electrons. The maximum Gasteiger partial charge on any atom is 0.253 e. The van der Waals surface area contributed by atoms with Crippen molar-refractivity contribution in [2.45, 2.75) is 27.0 Å². The summed E-state index contributed by atoms with van der Waals surface area (Å²) in [6.07, 6.45) is 0. The Kier molecular flexibility index (Phi) is 5.89. The second-order valence-electron chi connectivity index (χ2n) is 6.57. The molecule has 5 nitrogen and oxygen atoms in total.